The van der Waals surface area contributed by atoms with Gasteiger partial charge in [0.1, 0.15) is 6.42 Å². The summed E-state index contributed by atoms with van der Waals surface area (Å²) in [5, 5.41) is 0. The van der Waals surface area contributed by atoms with Gasteiger partial charge in [0.05, 0.1) is 0 Å². The van der Waals surface area contributed by atoms with Crippen LogP contribution in [0.5, 0.6) is 0 Å². The molecule has 0 unspecified atom stereocenters. The lowest BCUT2D eigenvalue weighted by molar-refractivity contribution is -0.187. The first-order chi connectivity index (χ1) is 6.03. The van der Waals surface area contributed by atoms with Gasteiger partial charge in [0.2, 0.25) is 0 Å². The number of alkyl halides is 5. The van der Waals surface area contributed by atoms with Gasteiger partial charge in [-0.25, -0.2) is 8.78 Å². The first kappa shape index (κ1) is 13.2. The summed E-state index contributed by atoms with van der Waals surface area (Å²) in [7, 11) is 0. The minimum Gasteiger partial charge on any atom is -0.206 e. The maximum atomic E-state index is 12.4. The zero-order valence-electron chi connectivity index (χ0n) is 7.06. The third kappa shape index (κ3) is 5.82. The smallest absolute Gasteiger partial charge is 0.206 e. The summed E-state index contributed by atoms with van der Waals surface area (Å²) in [6, 6.07) is 0. The quantitative estimate of drug-likeness (QED) is 0.632. The minimum atomic E-state index is -5.06. The predicted octanol–water partition coefficient (Wildman–Crippen LogP) is 4.13. The zero-order chi connectivity index (χ0) is 11.6. The van der Waals surface area contributed by atoms with E-state index in [2.05, 4.69) is 0 Å². The summed E-state index contributed by atoms with van der Waals surface area (Å²) in [5.74, 6) is -4.17. The van der Waals surface area contributed by atoms with Crippen molar-refractivity contribution < 1.29 is 30.7 Å². The van der Waals surface area contributed by atoms with E-state index in [1.54, 1.807) is 0 Å². The van der Waals surface area contributed by atoms with Crippen LogP contribution in [-0.4, -0.2) is 12.1 Å². The maximum Gasteiger partial charge on any atom is 0.394 e. The van der Waals surface area contributed by atoms with Crippen LogP contribution in [0.1, 0.15) is 19.8 Å². The molecule has 14 heavy (non-hydrogen) atoms. The largest absolute Gasteiger partial charge is 0.394 e. The molecule has 0 heterocycles. The minimum absolute atomic E-state index is 0.666. The molecule has 0 bridgehead atoms. The topological polar surface area (TPSA) is 0 Å². The second-order valence-corrected chi connectivity index (χ2v) is 2.87. The van der Waals surface area contributed by atoms with E-state index in [1.807, 2.05) is 0 Å². The molecule has 0 nitrogen and oxygen atoms in total. The van der Waals surface area contributed by atoms with Crippen LogP contribution in [0.25, 0.3) is 0 Å². The highest BCUT2D eigenvalue weighted by atomic mass is 19.4. The predicted molar refractivity (Wildman–Crippen MR) is 35.2 cm³/mol. The molecule has 0 atom stereocenters. The molecule has 0 aromatic carbocycles. The van der Waals surface area contributed by atoms with Crippen LogP contribution in [0, 0.1) is 0 Å². The van der Waals surface area contributed by atoms with Crippen LogP contribution in [-0.2, 0) is 0 Å². The molecule has 0 rings (SSSR count). The average molecular weight is 224 g/mol. The molecular weight excluding hydrogens is 217 g/mol. The monoisotopic (exact) mass is 224 g/mol. The van der Waals surface area contributed by atoms with Crippen molar-refractivity contribution in [1.29, 1.82) is 0 Å². The fourth-order valence-corrected chi connectivity index (χ4v) is 0.811. The SMILES string of the molecule is CC(CC(F)(F)CC(F)(F)F)=C(F)F. The summed E-state index contributed by atoms with van der Waals surface area (Å²) in [4.78, 5) is 0. The van der Waals surface area contributed by atoms with Gasteiger partial charge in [0.15, 0.2) is 0 Å². The Morgan fingerprint density at radius 3 is 1.71 bits per heavy atom. The van der Waals surface area contributed by atoms with Crippen LogP contribution < -0.4 is 0 Å². The number of hydrogen-bond acceptors (Lipinski definition) is 0. The molecule has 0 aromatic rings. The summed E-state index contributed by atoms with van der Waals surface area (Å²) < 4.78 is 82.8. The van der Waals surface area contributed by atoms with Crippen LogP contribution in [0.15, 0.2) is 11.7 Å². The lowest BCUT2D eigenvalue weighted by atomic mass is 10.1. The fraction of sp³-hybridized carbons (Fsp3) is 0.714. The molecule has 0 aliphatic carbocycles. The summed E-state index contributed by atoms with van der Waals surface area (Å²) in [5.41, 5.74) is -1.03. The van der Waals surface area contributed by atoms with E-state index < -0.39 is 36.6 Å². The van der Waals surface area contributed by atoms with E-state index >= 15 is 0 Å². The Balaban J connectivity index is 4.43. The van der Waals surface area contributed by atoms with Crippen LogP contribution in [0.2, 0.25) is 0 Å². The van der Waals surface area contributed by atoms with E-state index in [-0.39, 0.29) is 0 Å². The molecule has 0 amide bonds. The molecule has 0 saturated carbocycles. The van der Waals surface area contributed by atoms with Crippen molar-refractivity contribution >= 4 is 0 Å². The zero-order valence-corrected chi connectivity index (χ0v) is 7.06. The number of allylic oxidation sites excluding steroid dienone is 1. The second kappa shape index (κ2) is 4.18. The fourth-order valence-electron chi connectivity index (χ4n) is 0.811. The molecule has 0 aromatic heterocycles. The van der Waals surface area contributed by atoms with Crippen LogP contribution >= 0.6 is 0 Å². The highest BCUT2D eigenvalue weighted by molar-refractivity contribution is 5.02. The van der Waals surface area contributed by atoms with Crippen molar-refractivity contribution in [2.24, 2.45) is 0 Å². The Hall–Kier alpha value is -0.750. The van der Waals surface area contributed by atoms with Gasteiger partial charge in [-0.15, -0.1) is 0 Å². The van der Waals surface area contributed by atoms with Gasteiger partial charge in [0.25, 0.3) is 12.0 Å². The van der Waals surface area contributed by atoms with Gasteiger partial charge in [-0.2, -0.15) is 22.0 Å². The van der Waals surface area contributed by atoms with Crippen molar-refractivity contribution in [3.05, 3.63) is 11.7 Å². The van der Waals surface area contributed by atoms with Crippen molar-refractivity contribution in [2.75, 3.05) is 0 Å². The Morgan fingerprint density at radius 2 is 1.43 bits per heavy atom. The van der Waals surface area contributed by atoms with Crippen molar-refractivity contribution in [3.63, 3.8) is 0 Å². The average Bonchev–Trinajstić information content (AvgIpc) is 1.78. The number of halogens is 7. The van der Waals surface area contributed by atoms with Crippen molar-refractivity contribution in [2.45, 2.75) is 31.9 Å². The molecule has 7 heteroatoms. The van der Waals surface area contributed by atoms with Crippen molar-refractivity contribution in [1.82, 2.24) is 0 Å². The maximum absolute atomic E-state index is 12.4. The first-order valence-corrected chi connectivity index (χ1v) is 3.49. The highest BCUT2D eigenvalue weighted by Gasteiger charge is 2.43. The second-order valence-electron chi connectivity index (χ2n) is 2.87. The lowest BCUT2D eigenvalue weighted by Crippen LogP contribution is -2.26. The van der Waals surface area contributed by atoms with E-state index in [9.17, 15) is 30.7 Å². The third-order valence-electron chi connectivity index (χ3n) is 1.31. The molecule has 0 N–H and O–H groups in total. The normalized spacial score (nSPS) is 12.9. The molecular formula is C7H7F7. The molecule has 0 saturated heterocycles. The van der Waals surface area contributed by atoms with E-state index in [4.69, 9.17) is 0 Å². The van der Waals surface area contributed by atoms with Gasteiger partial charge < -0.3 is 0 Å². The van der Waals surface area contributed by atoms with Gasteiger partial charge in [0, 0.05) is 6.42 Å². The molecule has 0 spiro atoms. The molecule has 0 radical (unpaired) electrons. The van der Waals surface area contributed by atoms with Crippen LogP contribution in [0.4, 0.5) is 30.7 Å². The molecule has 84 valence electrons. The molecule has 0 aliphatic rings. The number of hydrogen-bond donors (Lipinski definition) is 0. The number of rotatable bonds is 3. The Kier molecular flexibility index (Phi) is 3.96. The summed E-state index contributed by atoms with van der Waals surface area (Å²) in [6.45, 7) is 0.666. The highest BCUT2D eigenvalue weighted by Crippen LogP contribution is 2.36. The lowest BCUT2D eigenvalue weighted by Gasteiger charge is -2.17. The Labute approximate surface area is 75.4 Å². The van der Waals surface area contributed by atoms with Gasteiger partial charge in [-0.05, 0) is 12.5 Å². The van der Waals surface area contributed by atoms with E-state index in [0.717, 1.165) is 0 Å². The first-order valence-electron chi connectivity index (χ1n) is 3.49. The summed E-state index contributed by atoms with van der Waals surface area (Å²) in [6.07, 6.45) is -11.4. The van der Waals surface area contributed by atoms with Crippen LogP contribution in [0.3, 0.4) is 0 Å². The van der Waals surface area contributed by atoms with E-state index in [1.165, 1.54) is 0 Å². The van der Waals surface area contributed by atoms with E-state index in [0.29, 0.717) is 6.92 Å². The Morgan fingerprint density at radius 1 is 1.00 bits per heavy atom. The Bertz CT molecular complexity index is 221. The standard InChI is InChI=1S/C7H7F7/c1-4(5(8)9)2-6(10,11)3-7(12,13)14/h2-3H2,1H3. The van der Waals surface area contributed by atoms with Gasteiger partial charge >= 0.3 is 6.18 Å². The molecule has 0 fully saturated rings. The molecule has 0 aliphatic heterocycles. The van der Waals surface area contributed by atoms with Crippen molar-refractivity contribution in [3.8, 4) is 0 Å². The van der Waals surface area contributed by atoms with Gasteiger partial charge in [-0.1, -0.05) is 0 Å². The van der Waals surface area contributed by atoms with Gasteiger partial charge in [-0.3, -0.25) is 0 Å². The third-order valence-corrected chi connectivity index (χ3v) is 1.31. The summed E-state index contributed by atoms with van der Waals surface area (Å²) >= 11 is 0.